The zero-order chi connectivity index (χ0) is 15.4. The minimum atomic E-state index is -0.120. The topological polar surface area (TPSA) is 34.1 Å². The monoisotopic (exact) mass is 288 g/mol. The van der Waals surface area contributed by atoms with Gasteiger partial charge < -0.3 is 0 Å². The molecule has 0 amide bonds. The van der Waals surface area contributed by atoms with Crippen molar-refractivity contribution in [3.8, 4) is 0 Å². The van der Waals surface area contributed by atoms with Gasteiger partial charge in [-0.3, -0.25) is 9.59 Å². The molecule has 1 aliphatic carbocycles. The Morgan fingerprint density at radius 3 is 2.00 bits per heavy atom. The summed E-state index contributed by atoms with van der Waals surface area (Å²) in [5.74, 6) is -0.208. The number of ketones is 2. The molecule has 0 aromatic heterocycles. The minimum absolute atomic E-state index is 0.0872. The first-order chi connectivity index (χ1) is 10.8. The van der Waals surface area contributed by atoms with Crippen LogP contribution in [0.2, 0.25) is 0 Å². The van der Waals surface area contributed by atoms with E-state index in [4.69, 9.17) is 0 Å². The average molecular weight is 288 g/mol. The second kappa shape index (κ2) is 6.35. The Balaban J connectivity index is 2.00. The lowest BCUT2D eigenvalue weighted by Gasteiger charge is -2.10. The van der Waals surface area contributed by atoms with Crippen LogP contribution in [0.3, 0.4) is 0 Å². The number of hydrogen-bond acceptors (Lipinski definition) is 2. The molecule has 2 aromatic rings. The smallest absolute Gasteiger partial charge is 0.193 e. The van der Waals surface area contributed by atoms with E-state index in [-0.39, 0.29) is 11.6 Å². The molecule has 3 rings (SSSR count). The van der Waals surface area contributed by atoms with Crippen LogP contribution in [0.4, 0.5) is 0 Å². The number of carbonyl (C=O) groups is 2. The van der Waals surface area contributed by atoms with E-state index in [1.165, 1.54) is 0 Å². The van der Waals surface area contributed by atoms with Crippen LogP contribution in [0.15, 0.2) is 78.4 Å². The van der Waals surface area contributed by atoms with E-state index in [1.807, 2.05) is 36.4 Å². The highest BCUT2D eigenvalue weighted by Gasteiger charge is 2.19. The lowest BCUT2D eigenvalue weighted by Crippen LogP contribution is -2.11. The lowest BCUT2D eigenvalue weighted by molar-refractivity contribution is 0.100. The predicted octanol–water partition coefficient (Wildman–Crippen LogP) is 4.38. The molecular weight excluding hydrogens is 272 g/mol. The Labute approximate surface area is 129 Å². The van der Waals surface area contributed by atoms with Crippen molar-refractivity contribution in [3.05, 3.63) is 95.1 Å². The van der Waals surface area contributed by atoms with E-state index in [2.05, 4.69) is 0 Å². The van der Waals surface area contributed by atoms with Crippen LogP contribution in [0.1, 0.15) is 39.1 Å². The van der Waals surface area contributed by atoms with Gasteiger partial charge in [0.05, 0.1) is 0 Å². The highest BCUT2D eigenvalue weighted by Crippen LogP contribution is 2.20. The molecule has 0 saturated heterocycles. The van der Waals surface area contributed by atoms with Crippen molar-refractivity contribution < 1.29 is 9.59 Å². The van der Waals surface area contributed by atoms with Crippen LogP contribution >= 0.6 is 0 Å². The number of allylic oxidation sites excluding steroid dienone is 4. The number of benzene rings is 2. The van der Waals surface area contributed by atoms with Gasteiger partial charge in [-0.2, -0.15) is 0 Å². The molecule has 1 aliphatic rings. The molecule has 0 N–H and O–H groups in total. The predicted molar refractivity (Wildman–Crippen MR) is 87.1 cm³/mol. The third kappa shape index (κ3) is 2.82. The quantitative estimate of drug-likeness (QED) is 0.782. The summed E-state index contributed by atoms with van der Waals surface area (Å²) in [7, 11) is 0. The van der Waals surface area contributed by atoms with Crippen molar-refractivity contribution in [1.29, 1.82) is 0 Å². The molecule has 0 saturated carbocycles. The third-order valence-corrected chi connectivity index (χ3v) is 3.71. The van der Waals surface area contributed by atoms with Crippen LogP contribution in [0.25, 0.3) is 0 Å². The highest BCUT2D eigenvalue weighted by molar-refractivity contribution is 6.20. The first-order valence-electron chi connectivity index (χ1n) is 7.37. The molecule has 0 bridgehead atoms. The van der Waals surface area contributed by atoms with Gasteiger partial charge in [-0.05, 0) is 12.8 Å². The molecule has 0 spiro atoms. The van der Waals surface area contributed by atoms with Crippen LogP contribution in [-0.2, 0) is 0 Å². The van der Waals surface area contributed by atoms with Crippen molar-refractivity contribution >= 4 is 11.6 Å². The van der Waals surface area contributed by atoms with E-state index >= 15 is 0 Å². The lowest BCUT2D eigenvalue weighted by atomic mass is 9.91. The van der Waals surface area contributed by atoms with Crippen LogP contribution in [0, 0.1) is 0 Å². The van der Waals surface area contributed by atoms with Crippen molar-refractivity contribution in [2.45, 2.75) is 12.8 Å². The highest BCUT2D eigenvalue weighted by atomic mass is 16.1. The van der Waals surface area contributed by atoms with Crippen molar-refractivity contribution in [1.82, 2.24) is 0 Å². The maximum Gasteiger partial charge on any atom is 0.193 e. The SMILES string of the molecule is O=C(C1=CCCC=C1)c1ccccc1C(=O)c1ccccc1. The van der Waals surface area contributed by atoms with Crippen LogP contribution < -0.4 is 0 Å². The fourth-order valence-electron chi connectivity index (χ4n) is 2.56. The van der Waals surface area contributed by atoms with Crippen molar-refractivity contribution in [3.63, 3.8) is 0 Å². The normalized spacial score (nSPS) is 13.5. The Morgan fingerprint density at radius 1 is 0.727 bits per heavy atom. The van der Waals surface area contributed by atoms with Gasteiger partial charge in [0, 0.05) is 22.3 Å². The Bertz CT molecular complexity index is 767. The zero-order valence-electron chi connectivity index (χ0n) is 12.2. The zero-order valence-corrected chi connectivity index (χ0v) is 12.2. The summed E-state index contributed by atoms with van der Waals surface area (Å²) in [5, 5.41) is 0. The summed E-state index contributed by atoms with van der Waals surface area (Å²) >= 11 is 0. The molecule has 0 unspecified atom stereocenters. The van der Waals surface area contributed by atoms with Gasteiger partial charge in [0.1, 0.15) is 0 Å². The van der Waals surface area contributed by atoms with Gasteiger partial charge in [0.25, 0.3) is 0 Å². The summed E-state index contributed by atoms with van der Waals surface area (Å²) in [6.07, 6.45) is 7.60. The molecule has 108 valence electrons. The second-order valence-corrected chi connectivity index (χ2v) is 5.21. The van der Waals surface area contributed by atoms with Gasteiger partial charge >= 0.3 is 0 Å². The maximum absolute atomic E-state index is 12.7. The number of Topliss-reactive ketones (excluding diaryl/α,β-unsaturated/α-hetero) is 1. The number of rotatable bonds is 4. The second-order valence-electron chi connectivity index (χ2n) is 5.21. The van der Waals surface area contributed by atoms with Gasteiger partial charge in [-0.1, -0.05) is 72.8 Å². The fraction of sp³-hybridized carbons (Fsp3) is 0.100. The molecule has 0 heterocycles. The summed E-state index contributed by atoms with van der Waals surface area (Å²) in [5.41, 5.74) is 2.18. The summed E-state index contributed by atoms with van der Waals surface area (Å²) in [4.78, 5) is 25.3. The number of hydrogen-bond donors (Lipinski definition) is 0. The first kappa shape index (κ1) is 14.2. The Hall–Kier alpha value is -2.74. The molecule has 0 aliphatic heterocycles. The molecule has 0 atom stereocenters. The third-order valence-electron chi connectivity index (χ3n) is 3.71. The van der Waals surface area contributed by atoms with Gasteiger partial charge in [-0.15, -0.1) is 0 Å². The molecule has 2 aromatic carbocycles. The van der Waals surface area contributed by atoms with Gasteiger partial charge in [-0.25, -0.2) is 0 Å². The summed E-state index contributed by atoms with van der Waals surface area (Å²) in [6, 6.07) is 16.1. The van der Waals surface area contributed by atoms with E-state index in [9.17, 15) is 9.59 Å². The molecule has 0 fully saturated rings. The Kier molecular flexibility index (Phi) is 4.10. The van der Waals surface area contributed by atoms with Crippen LogP contribution in [-0.4, -0.2) is 11.6 Å². The molecular formula is C20H16O2. The van der Waals surface area contributed by atoms with Crippen molar-refractivity contribution in [2.75, 3.05) is 0 Å². The Morgan fingerprint density at radius 2 is 1.36 bits per heavy atom. The van der Waals surface area contributed by atoms with E-state index < -0.39 is 0 Å². The average Bonchev–Trinajstić information content (AvgIpc) is 2.62. The first-order valence-corrected chi connectivity index (χ1v) is 7.37. The fourth-order valence-corrected chi connectivity index (χ4v) is 2.56. The summed E-state index contributed by atoms with van der Waals surface area (Å²) < 4.78 is 0. The maximum atomic E-state index is 12.7. The molecule has 0 radical (unpaired) electrons. The number of carbonyl (C=O) groups excluding carboxylic acids is 2. The van der Waals surface area contributed by atoms with E-state index in [1.54, 1.807) is 36.4 Å². The molecule has 2 heteroatoms. The summed E-state index contributed by atoms with van der Waals surface area (Å²) in [6.45, 7) is 0. The van der Waals surface area contributed by atoms with E-state index in [0.717, 1.165) is 12.8 Å². The van der Waals surface area contributed by atoms with Gasteiger partial charge in [0.15, 0.2) is 11.6 Å². The largest absolute Gasteiger partial charge is 0.289 e. The standard InChI is InChI=1S/C20H16O2/c21-19(15-9-3-1-4-10-15)17-13-7-8-14-18(17)20(22)16-11-5-2-6-12-16/h1,3-5,7-14H,2,6H2. The molecule has 2 nitrogen and oxygen atoms in total. The van der Waals surface area contributed by atoms with Crippen molar-refractivity contribution in [2.24, 2.45) is 0 Å². The van der Waals surface area contributed by atoms with Gasteiger partial charge in [0.2, 0.25) is 0 Å². The van der Waals surface area contributed by atoms with Crippen LogP contribution in [0.5, 0.6) is 0 Å². The molecule has 22 heavy (non-hydrogen) atoms. The minimum Gasteiger partial charge on any atom is -0.289 e. The van der Waals surface area contributed by atoms with E-state index in [0.29, 0.717) is 22.3 Å².